The lowest BCUT2D eigenvalue weighted by Gasteiger charge is -2.11. The van der Waals surface area contributed by atoms with Gasteiger partial charge in [0.2, 0.25) is 0 Å². The largest absolute Gasteiger partial charge is 0.497 e. The fourth-order valence-corrected chi connectivity index (χ4v) is 2.45. The van der Waals surface area contributed by atoms with Gasteiger partial charge in [0, 0.05) is 23.6 Å². The molecule has 0 radical (unpaired) electrons. The quantitative estimate of drug-likeness (QED) is 0.653. The Morgan fingerprint density at radius 2 is 2.05 bits per heavy atom. The van der Waals surface area contributed by atoms with E-state index in [-0.39, 0.29) is 9.92 Å². The molecular weight excluding hydrogens is 280 g/mol. The third-order valence-corrected chi connectivity index (χ3v) is 3.72. The fraction of sp³-hybridized carbons (Fsp3) is 0.231. The van der Waals surface area contributed by atoms with Crippen LogP contribution in [0.3, 0.4) is 0 Å². The molecule has 0 aliphatic carbocycles. The van der Waals surface area contributed by atoms with E-state index in [1.807, 2.05) is 6.07 Å². The lowest BCUT2D eigenvalue weighted by Crippen LogP contribution is -2.00. The molecule has 106 valence electrons. The van der Waals surface area contributed by atoms with Crippen molar-refractivity contribution >= 4 is 22.0 Å². The van der Waals surface area contributed by atoms with Crippen molar-refractivity contribution in [1.29, 1.82) is 0 Å². The number of hydrogen-bond donors (Lipinski definition) is 1. The molecule has 0 atom stereocenters. The average Bonchev–Trinajstić information content (AvgIpc) is 2.93. The number of ether oxygens (including phenoxy) is 2. The molecule has 7 heteroatoms. The number of hydrogen-bond acceptors (Lipinski definition) is 6. The van der Waals surface area contributed by atoms with Gasteiger partial charge in [0.05, 0.1) is 24.8 Å². The first kappa shape index (κ1) is 14.1. The monoisotopic (exact) mass is 294 g/mol. The van der Waals surface area contributed by atoms with Crippen LogP contribution in [0.25, 0.3) is 0 Å². The van der Waals surface area contributed by atoms with Crippen molar-refractivity contribution in [3.8, 4) is 11.5 Å². The lowest BCUT2D eigenvalue weighted by molar-refractivity contribution is -0.380. The molecule has 0 spiro atoms. The molecule has 0 unspecified atom stereocenters. The highest BCUT2D eigenvalue weighted by Gasteiger charge is 2.10. The molecule has 2 aromatic rings. The predicted octanol–water partition coefficient (Wildman–Crippen LogP) is 3.29. The smallest absolute Gasteiger partial charge is 0.324 e. The summed E-state index contributed by atoms with van der Waals surface area (Å²) in [6.07, 6.45) is 0. The number of thiophene rings is 1. The van der Waals surface area contributed by atoms with Crippen LogP contribution in [0.4, 0.5) is 10.7 Å². The van der Waals surface area contributed by atoms with Crippen LogP contribution in [0.1, 0.15) is 4.88 Å². The molecule has 1 heterocycles. The molecule has 1 aromatic carbocycles. The van der Waals surface area contributed by atoms with Gasteiger partial charge in [0.25, 0.3) is 0 Å². The first-order valence-electron chi connectivity index (χ1n) is 5.83. The molecule has 0 bridgehead atoms. The molecule has 1 aromatic heterocycles. The van der Waals surface area contributed by atoms with Gasteiger partial charge in [-0.15, -0.1) is 0 Å². The predicted molar refractivity (Wildman–Crippen MR) is 77.8 cm³/mol. The van der Waals surface area contributed by atoms with E-state index in [9.17, 15) is 10.1 Å². The van der Waals surface area contributed by atoms with Crippen LogP contribution in [0, 0.1) is 10.1 Å². The number of methoxy groups -OCH3 is 2. The SMILES string of the molecule is COc1ccc(OC)c(NCc2ccc([N+](=O)[O-])s2)c1. The second kappa shape index (κ2) is 6.25. The van der Waals surface area contributed by atoms with Gasteiger partial charge in [0.1, 0.15) is 11.5 Å². The zero-order chi connectivity index (χ0) is 14.5. The van der Waals surface area contributed by atoms with Gasteiger partial charge in [-0.05, 0) is 18.2 Å². The molecule has 6 nitrogen and oxygen atoms in total. The summed E-state index contributed by atoms with van der Waals surface area (Å²) < 4.78 is 10.4. The number of nitrogens with zero attached hydrogens (tertiary/aromatic N) is 1. The standard InChI is InChI=1S/C13H14N2O4S/c1-18-9-3-5-12(19-2)11(7-9)14-8-10-4-6-13(20-10)15(16)17/h3-7,14H,8H2,1-2H3. The van der Waals surface area contributed by atoms with E-state index in [2.05, 4.69) is 5.32 Å². The second-order valence-corrected chi connectivity index (χ2v) is 5.06. The molecule has 0 aliphatic heterocycles. The van der Waals surface area contributed by atoms with E-state index >= 15 is 0 Å². The fourth-order valence-electron chi connectivity index (χ4n) is 1.69. The first-order chi connectivity index (χ1) is 9.63. The number of nitrogens with one attached hydrogen (secondary N) is 1. The van der Waals surface area contributed by atoms with E-state index in [1.54, 1.807) is 32.4 Å². The first-order valence-corrected chi connectivity index (χ1v) is 6.64. The molecule has 2 rings (SSSR count). The van der Waals surface area contributed by atoms with Gasteiger partial charge in [-0.1, -0.05) is 11.3 Å². The van der Waals surface area contributed by atoms with Crippen molar-refractivity contribution in [2.75, 3.05) is 19.5 Å². The second-order valence-electron chi connectivity index (χ2n) is 3.92. The van der Waals surface area contributed by atoms with Gasteiger partial charge in [-0.3, -0.25) is 10.1 Å². The van der Waals surface area contributed by atoms with E-state index < -0.39 is 0 Å². The maximum atomic E-state index is 10.6. The van der Waals surface area contributed by atoms with Crippen molar-refractivity contribution in [3.63, 3.8) is 0 Å². The van der Waals surface area contributed by atoms with Crippen LogP contribution < -0.4 is 14.8 Å². The Bertz CT molecular complexity index is 612. The Labute approximate surface area is 120 Å². The Hall–Kier alpha value is -2.28. The Morgan fingerprint density at radius 3 is 2.65 bits per heavy atom. The molecule has 0 amide bonds. The van der Waals surface area contributed by atoms with E-state index in [1.165, 1.54) is 6.07 Å². The van der Waals surface area contributed by atoms with Gasteiger partial charge in [-0.2, -0.15) is 0 Å². The lowest BCUT2D eigenvalue weighted by atomic mass is 10.2. The summed E-state index contributed by atoms with van der Waals surface area (Å²) in [4.78, 5) is 11.1. The maximum Gasteiger partial charge on any atom is 0.324 e. The number of nitro groups is 1. The van der Waals surface area contributed by atoms with Crippen LogP contribution >= 0.6 is 11.3 Å². The van der Waals surface area contributed by atoms with Gasteiger partial charge in [-0.25, -0.2) is 0 Å². The summed E-state index contributed by atoms with van der Waals surface area (Å²) in [5.74, 6) is 1.40. The minimum Gasteiger partial charge on any atom is -0.497 e. The Balaban J connectivity index is 2.10. The number of rotatable bonds is 6. The third-order valence-electron chi connectivity index (χ3n) is 2.69. The van der Waals surface area contributed by atoms with Crippen LogP contribution in [0.15, 0.2) is 30.3 Å². The van der Waals surface area contributed by atoms with Crippen molar-refractivity contribution in [3.05, 3.63) is 45.3 Å². The van der Waals surface area contributed by atoms with E-state index in [4.69, 9.17) is 9.47 Å². The van der Waals surface area contributed by atoms with Crippen molar-refractivity contribution in [1.82, 2.24) is 0 Å². The molecule has 0 aliphatic rings. The Morgan fingerprint density at radius 1 is 1.25 bits per heavy atom. The maximum absolute atomic E-state index is 10.6. The molecular formula is C13H14N2O4S. The van der Waals surface area contributed by atoms with Crippen LogP contribution in [0.2, 0.25) is 0 Å². The highest BCUT2D eigenvalue weighted by Crippen LogP contribution is 2.30. The summed E-state index contributed by atoms with van der Waals surface area (Å²) in [5, 5.41) is 14.0. The Kier molecular flexibility index (Phi) is 4.41. The van der Waals surface area contributed by atoms with Crippen molar-refractivity contribution in [2.24, 2.45) is 0 Å². The topological polar surface area (TPSA) is 73.6 Å². The van der Waals surface area contributed by atoms with Gasteiger partial charge < -0.3 is 14.8 Å². The van der Waals surface area contributed by atoms with Crippen molar-refractivity contribution < 1.29 is 14.4 Å². The normalized spacial score (nSPS) is 10.1. The van der Waals surface area contributed by atoms with Crippen LogP contribution in [0.5, 0.6) is 11.5 Å². The molecule has 20 heavy (non-hydrogen) atoms. The zero-order valence-corrected chi connectivity index (χ0v) is 11.9. The van der Waals surface area contributed by atoms with Crippen LogP contribution in [-0.2, 0) is 6.54 Å². The molecule has 0 saturated carbocycles. The average molecular weight is 294 g/mol. The van der Waals surface area contributed by atoms with Crippen molar-refractivity contribution in [2.45, 2.75) is 6.54 Å². The van der Waals surface area contributed by atoms with E-state index in [0.717, 1.165) is 21.9 Å². The van der Waals surface area contributed by atoms with E-state index in [0.29, 0.717) is 18.0 Å². The number of benzene rings is 1. The molecule has 1 N–H and O–H groups in total. The minimum absolute atomic E-state index is 0.138. The van der Waals surface area contributed by atoms with Gasteiger partial charge in [0.15, 0.2) is 0 Å². The summed E-state index contributed by atoms with van der Waals surface area (Å²) in [5.41, 5.74) is 0.780. The summed E-state index contributed by atoms with van der Waals surface area (Å²) >= 11 is 1.15. The summed E-state index contributed by atoms with van der Waals surface area (Å²) in [6, 6.07) is 8.67. The minimum atomic E-state index is -0.389. The highest BCUT2D eigenvalue weighted by molar-refractivity contribution is 7.15. The highest BCUT2D eigenvalue weighted by atomic mass is 32.1. The molecule has 0 fully saturated rings. The summed E-state index contributed by atoms with van der Waals surface area (Å²) in [7, 11) is 3.18. The third kappa shape index (κ3) is 3.18. The number of anilines is 1. The zero-order valence-electron chi connectivity index (χ0n) is 11.1. The van der Waals surface area contributed by atoms with Gasteiger partial charge >= 0.3 is 5.00 Å². The summed E-state index contributed by atoms with van der Waals surface area (Å²) in [6.45, 7) is 0.488. The molecule has 0 saturated heterocycles. The van der Waals surface area contributed by atoms with Crippen LogP contribution in [-0.4, -0.2) is 19.1 Å².